The molecule has 0 aromatic heterocycles. The van der Waals surface area contributed by atoms with Gasteiger partial charge in [0.15, 0.2) is 0 Å². The molecule has 1 unspecified atom stereocenters. The van der Waals surface area contributed by atoms with Crippen molar-refractivity contribution < 1.29 is 18.3 Å². The lowest BCUT2D eigenvalue weighted by Crippen LogP contribution is -2.41. The van der Waals surface area contributed by atoms with E-state index in [0.717, 1.165) is 23.2 Å². The smallest absolute Gasteiger partial charge is 0.244 e. The monoisotopic (exact) mass is 316 g/mol. The fraction of sp³-hybridized carbons (Fsp3) is 0.176. The maximum absolute atomic E-state index is 14.0. The Morgan fingerprint density at radius 3 is 2.52 bits per heavy atom. The maximum atomic E-state index is 14.0. The Morgan fingerprint density at radius 2 is 1.87 bits per heavy atom. The van der Waals surface area contributed by atoms with Crippen LogP contribution in [-0.4, -0.2) is 16.8 Å². The molecule has 0 fully saturated rings. The fourth-order valence-electron chi connectivity index (χ4n) is 2.51. The summed E-state index contributed by atoms with van der Waals surface area (Å²) in [4.78, 5) is 11.9. The highest BCUT2D eigenvalue weighted by Gasteiger charge is 2.45. The Kier molecular flexibility index (Phi) is 3.60. The van der Waals surface area contributed by atoms with Crippen molar-refractivity contribution in [1.29, 1.82) is 0 Å². The number of amides is 1. The van der Waals surface area contributed by atoms with Crippen molar-refractivity contribution in [2.45, 2.75) is 19.6 Å². The summed E-state index contributed by atoms with van der Waals surface area (Å²) in [5.41, 5.74) is -0.678. The molecule has 4 nitrogen and oxygen atoms in total. The van der Waals surface area contributed by atoms with Gasteiger partial charge in [-0.2, -0.15) is 5.01 Å². The molecule has 6 heteroatoms. The van der Waals surface area contributed by atoms with E-state index in [4.69, 9.17) is 4.74 Å². The van der Waals surface area contributed by atoms with Crippen molar-refractivity contribution in [2.75, 3.05) is 0 Å². The number of nitrogens with zero attached hydrogens (tertiary/aromatic N) is 2. The minimum atomic E-state index is -1.22. The normalized spacial score (nSPS) is 20.2. The number of ether oxygens (including phenoxy) is 1. The van der Waals surface area contributed by atoms with E-state index in [1.807, 2.05) is 6.07 Å². The Bertz CT molecular complexity index is 792. The average molecular weight is 316 g/mol. The van der Waals surface area contributed by atoms with E-state index in [-0.39, 0.29) is 17.4 Å². The molecular weight excluding hydrogens is 302 g/mol. The van der Waals surface area contributed by atoms with E-state index in [1.54, 1.807) is 31.2 Å². The highest BCUT2D eigenvalue weighted by Crippen LogP contribution is 2.36. The Labute approximate surface area is 132 Å². The summed E-state index contributed by atoms with van der Waals surface area (Å²) in [5.74, 6) is -1.80. The van der Waals surface area contributed by atoms with E-state index in [0.29, 0.717) is 5.56 Å². The minimum absolute atomic E-state index is 0.129. The maximum Gasteiger partial charge on any atom is 0.244 e. The number of benzene rings is 2. The first-order valence-electron chi connectivity index (χ1n) is 7.01. The molecule has 1 aliphatic heterocycles. The summed E-state index contributed by atoms with van der Waals surface area (Å²) in [5, 5.41) is 5.19. The summed E-state index contributed by atoms with van der Waals surface area (Å²) in [6, 6.07) is 12.0. The second kappa shape index (κ2) is 5.46. The lowest BCUT2D eigenvalue weighted by atomic mass is 10.0. The lowest BCUT2D eigenvalue weighted by molar-refractivity contribution is -0.146. The summed E-state index contributed by atoms with van der Waals surface area (Å²) in [6.07, 6.45) is 0. The molecule has 0 spiro atoms. The SMILES string of the molecule is CC(=O)N1N=C(c2cc(F)ccc2F)OC1(C)c1ccccc1. The number of carbonyl (C=O) groups excluding carboxylic acids is 1. The zero-order chi connectivity index (χ0) is 16.6. The largest absolute Gasteiger partial charge is 0.443 e. The van der Waals surface area contributed by atoms with Crippen molar-refractivity contribution in [1.82, 2.24) is 5.01 Å². The first-order valence-corrected chi connectivity index (χ1v) is 7.01. The van der Waals surface area contributed by atoms with Gasteiger partial charge in [0.05, 0.1) is 5.56 Å². The van der Waals surface area contributed by atoms with Gasteiger partial charge in [0, 0.05) is 19.4 Å². The Hall–Kier alpha value is -2.76. The second-order valence-corrected chi connectivity index (χ2v) is 5.31. The van der Waals surface area contributed by atoms with Crippen LogP contribution in [-0.2, 0) is 15.3 Å². The third-order valence-electron chi connectivity index (χ3n) is 3.66. The summed E-state index contributed by atoms with van der Waals surface area (Å²) in [7, 11) is 0. The minimum Gasteiger partial charge on any atom is -0.443 e. The molecule has 2 aromatic rings. The molecule has 0 aliphatic carbocycles. The average Bonchev–Trinajstić information content (AvgIpc) is 2.90. The topological polar surface area (TPSA) is 41.9 Å². The van der Waals surface area contributed by atoms with Gasteiger partial charge in [-0.15, -0.1) is 5.10 Å². The third kappa shape index (κ3) is 2.56. The van der Waals surface area contributed by atoms with Crippen molar-refractivity contribution >= 4 is 11.8 Å². The van der Waals surface area contributed by atoms with Gasteiger partial charge in [-0.1, -0.05) is 30.3 Å². The van der Waals surface area contributed by atoms with Crippen LogP contribution >= 0.6 is 0 Å². The van der Waals surface area contributed by atoms with Crippen molar-refractivity contribution in [3.05, 3.63) is 71.3 Å². The summed E-state index contributed by atoms with van der Waals surface area (Å²) in [6.45, 7) is 2.98. The molecule has 2 aromatic carbocycles. The zero-order valence-electron chi connectivity index (χ0n) is 12.6. The van der Waals surface area contributed by atoms with Crippen LogP contribution in [0.25, 0.3) is 0 Å². The number of rotatable bonds is 2. The molecule has 23 heavy (non-hydrogen) atoms. The molecule has 0 bridgehead atoms. The molecule has 0 radical (unpaired) electrons. The van der Waals surface area contributed by atoms with E-state index in [2.05, 4.69) is 5.10 Å². The summed E-state index contributed by atoms with van der Waals surface area (Å²) >= 11 is 0. The quantitative estimate of drug-likeness (QED) is 0.852. The van der Waals surface area contributed by atoms with Crippen molar-refractivity contribution in [3.63, 3.8) is 0 Å². The number of hydrogen-bond acceptors (Lipinski definition) is 3. The first kappa shape index (κ1) is 15.1. The molecule has 1 aliphatic rings. The number of carbonyl (C=O) groups is 1. The van der Waals surface area contributed by atoms with Gasteiger partial charge in [0.1, 0.15) is 11.6 Å². The van der Waals surface area contributed by atoms with Gasteiger partial charge in [-0.05, 0) is 18.2 Å². The van der Waals surface area contributed by atoms with Crippen LogP contribution in [0, 0.1) is 11.6 Å². The predicted molar refractivity (Wildman–Crippen MR) is 80.3 cm³/mol. The van der Waals surface area contributed by atoms with Gasteiger partial charge in [0.25, 0.3) is 0 Å². The van der Waals surface area contributed by atoms with Crippen molar-refractivity contribution in [2.24, 2.45) is 5.10 Å². The van der Waals surface area contributed by atoms with E-state index in [9.17, 15) is 13.6 Å². The Morgan fingerprint density at radius 1 is 1.17 bits per heavy atom. The zero-order valence-corrected chi connectivity index (χ0v) is 12.6. The molecule has 0 saturated carbocycles. The number of halogens is 2. The molecule has 1 amide bonds. The molecule has 0 N–H and O–H groups in total. The molecule has 1 heterocycles. The molecular formula is C17H14F2N2O2. The van der Waals surface area contributed by atoms with Crippen molar-refractivity contribution in [3.8, 4) is 0 Å². The fourth-order valence-corrected chi connectivity index (χ4v) is 2.51. The van der Waals surface area contributed by atoms with Gasteiger partial charge >= 0.3 is 0 Å². The third-order valence-corrected chi connectivity index (χ3v) is 3.66. The van der Waals surface area contributed by atoms with E-state index < -0.39 is 17.4 Å². The van der Waals surface area contributed by atoms with Gasteiger partial charge in [0.2, 0.25) is 17.5 Å². The number of hydrogen-bond donors (Lipinski definition) is 0. The van der Waals surface area contributed by atoms with Crippen LogP contribution in [0.2, 0.25) is 0 Å². The second-order valence-electron chi connectivity index (χ2n) is 5.31. The first-order chi connectivity index (χ1) is 10.9. The van der Waals surface area contributed by atoms with E-state index in [1.165, 1.54) is 6.92 Å². The van der Waals surface area contributed by atoms with E-state index >= 15 is 0 Å². The van der Waals surface area contributed by atoms with Gasteiger partial charge in [-0.25, -0.2) is 8.78 Å². The van der Waals surface area contributed by atoms with Gasteiger partial charge < -0.3 is 4.74 Å². The Balaban J connectivity index is 2.08. The van der Waals surface area contributed by atoms with Crippen LogP contribution in [0.4, 0.5) is 8.78 Å². The molecule has 1 atom stereocenters. The predicted octanol–water partition coefficient (Wildman–Crippen LogP) is 3.38. The van der Waals surface area contributed by atoms with Crippen LogP contribution in [0.1, 0.15) is 25.0 Å². The van der Waals surface area contributed by atoms with Crippen LogP contribution in [0.3, 0.4) is 0 Å². The van der Waals surface area contributed by atoms with Crippen LogP contribution < -0.4 is 0 Å². The van der Waals surface area contributed by atoms with Gasteiger partial charge in [-0.3, -0.25) is 4.79 Å². The standard InChI is InChI=1S/C17H14F2N2O2/c1-11(22)21-17(2,12-6-4-3-5-7-12)23-16(20-21)14-10-13(18)8-9-15(14)19/h3-10H,1-2H3. The molecule has 0 saturated heterocycles. The highest BCUT2D eigenvalue weighted by atomic mass is 19.1. The highest BCUT2D eigenvalue weighted by molar-refractivity contribution is 5.97. The lowest BCUT2D eigenvalue weighted by Gasteiger charge is -2.31. The van der Waals surface area contributed by atoms with Crippen LogP contribution in [0.15, 0.2) is 53.6 Å². The molecule has 3 rings (SSSR count). The summed E-state index contributed by atoms with van der Waals surface area (Å²) < 4.78 is 33.2. The molecule has 118 valence electrons. The van der Waals surface area contributed by atoms with Crippen LogP contribution in [0.5, 0.6) is 0 Å². The number of hydrazone groups is 1.